The first-order valence-electron chi connectivity index (χ1n) is 16.7. The molecule has 0 bridgehead atoms. The molecular formula is C37H42Cl3N3O7. The third-order valence-electron chi connectivity index (χ3n) is 10.5. The lowest BCUT2D eigenvalue weighted by Gasteiger charge is -2.39. The zero-order chi connectivity index (χ0) is 34.8. The first-order valence-corrected chi connectivity index (χ1v) is 17.5. The van der Waals surface area contributed by atoms with Crippen LogP contribution in [0.25, 0.3) is 0 Å². The van der Waals surface area contributed by atoms with Crippen LogP contribution in [0.2, 0.25) is 10.0 Å². The van der Waals surface area contributed by atoms with Gasteiger partial charge < -0.3 is 24.8 Å². The molecule has 1 saturated heterocycles. The Morgan fingerprint density at radius 3 is 1.86 bits per heavy atom. The average molecular weight is 747 g/mol. The fourth-order valence-corrected chi connectivity index (χ4v) is 8.82. The zero-order valence-electron chi connectivity index (χ0n) is 28.0. The summed E-state index contributed by atoms with van der Waals surface area (Å²) in [7, 11) is 2.42. The predicted molar refractivity (Wildman–Crippen MR) is 191 cm³/mol. The van der Waals surface area contributed by atoms with Gasteiger partial charge in [-0.15, -0.1) is 12.4 Å². The van der Waals surface area contributed by atoms with Crippen molar-refractivity contribution in [1.29, 1.82) is 0 Å². The Morgan fingerprint density at radius 2 is 1.32 bits per heavy atom. The largest absolute Gasteiger partial charge is 0.466 e. The molecule has 2 aliphatic carbocycles. The summed E-state index contributed by atoms with van der Waals surface area (Å²) in [6, 6.07) is 13.9. The van der Waals surface area contributed by atoms with Crippen LogP contribution in [0.5, 0.6) is 0 Å². The van der Waals surface area contributed by atoms with E-state index in [-0.39, 0.29) is 81.2 Å². The second-order valence-electron chi connectivity index (χ2n) is 13.3. The van der Waals surface area contributed by atoms with Crippen molar-refractivity contribution >= 4 is 59.2 Å². The number of aliphatic hydroxyl groups is 1. The number of ketones is 1. The number of ether oxygens (including phenoxy) is 2. The van der Waals surface area contributed by atoms with Crippen LogP contribution in [0.15, 0.2) is 71.1 Å². The van der Waals surface area contributed by atoms with Crippen molar-refractivity contribution < 1.29 is 33.8 Å². The Morgan fingerprint density at radius 1 is 0.780 bits per heavy atom. The number of fused-ring (bicyclic) bond motifs is 1. The number of methoxy groups -OCH3 is 2. The molecule has 2 aromatic carbocycles. The van der Waals surface area contributed by atoms with Gasteiger partial charge in [0.2, 0.25) is 5.91 Å². The number of aliphatic hydroxyl groups excluding tert-OH is 1. The highest BCUT2D eigenvalue weighted by atomic mass is 35.5. The van der Waals surface area contributed by atoms with E-state index < -0.39 is 17.9 Å². The Labute approximate surface area is 308 Å². The smallest absolute Gasteiger partial charge is 0.336 e. The lowest BCUT2D eigenvalue weighted by atomic mass is 9.78. The summed E-state index contributed by atoms with van der Waals surface area (Å²) < 4.78 is 10.4. The highest BCUT2D eigenvalue weighted by Crippen LogP contribution is 2.47. The van der Waals surface area contributed by atoms with Crippen LogP contribution >= 0.6 is 35.6 Å². The van der Waals surface area contributed by atoms with Gasteiger partial charge in [-0.1, -0.05) is 59.6 Å². The van der Waals surface area contributed by atoms with Crippen LogP contribution in [0.3, 0.4) is 0 Å². The molecule has 2 saturated carbocycles. The van der Waals surface area contributed by atoms with Crippen LogP contribution < -0.4 is 5.32 Å². The molecule has 4 aliphatic rings. The molecule has 268 valence electrons. The minimum absolute atomic E-state index is 0. The summed E-state index contributed by atoms with van der Waals surface area (Å²) in [5.74, 6) is -2.12. The molecule has 1 amide bonds. The van der Waals surface area contributed by atoms with E-state index in [1.165, 1.54) is 14.2 Å². The van der Waals surface area contributed by atoms with Crippen molar-refractivity contribution in [2.75, 3.05) is 40.4 Å². The first-order chi connectivity index (χ1) is 23.6. The zero-order valence-corrected chi connectivity index (χ0v) is 30.4. The van der Waals surface area contributed by atoms with Gasteiger partial charge in [-0.05, 0) is 49.7 Å². The number of amides is 1. The molecule has 13 heteroatoms. The maximum Gasteiger partial charge on any atom is 0.336 e. The molecule has 3 atom stereocenters. The molecule has 0 radical (unpaired) electrons. The number of nitrogens with one attached hydrogen (secondary N) is 1. The van der Waals surface area contributed by atoms with Crippen molar-refractivity contribution in [3.8, 4) is 0 Å². The average Bonchev–Trinajstić information content (AvgIpc) is 3.65. The van der Waals surface area contributed by atoms with E-state index in [1.54, 1.807) is 53.4 Å². The monoisotopic (exact) mass is 745 g/mol. The Hall–Kier alpha value is -3.41. The van der Waals surface area contributed by atoms with Gasteiger partial charge in [0.05, 0.1) is 50.2 Å². The summed E-state index contributed by atoms with van der Waals surface area (Å²) in [6.07, 6.45) is 3.29. The number of carbonyl (C=O) groups is 4. The molecule has 3 fully saturated rings. The minimum Gasteiger partial charge on any atom is -0.466 e. The van der Waals surface area contributed by atoms with Crippen molar-refractivity contribution in [1.82, 2.24) is 15.1 Å². The highest BCUT2D eigenvalue weighted by Gasteiger charge is 2.45. The summed E-state index contributed by atoms with van der Waals surface area (Å²) in [5, 5.41) is 13.6. The predicted octanol–water partition coefficient (Wildman–Crippen LogP) is 5.31. The number of hydrogen-bond acceptors (Lipinski definition) is 9. The van der Waals surface area contributed by atoms with Crippen molar-refractivity contribution in [3.63, 3.8) is 0 Å². The lowest BCUT2D eigenvalue weighted by molar-refractivity contribution is -0.137. The molecule has 0 spiro atoms. The molecule has 3 unspecified atom stereocenters. The van der Waals surface area contributed by atoms with E-state index in [9.17, 15) is 24.3 Å². The van der Waals surface area contributed by atoms with E-state index in [4.69, 9.17) is 32.7 Å². The SMILES string of the molecule is COC(=O)C1=C(CC(=O)c2ccccc2)NC(CC(=O)N2CCN(C3CC4CC(O)CC4C3)CC2)=C(C(=O)OC)C1c1c(Cl)cccc1Cl.Cl. The lowest BCUT2D eigenvalue weighted by Crippen LogP contribution is -2.52. The number of Topliss-reactive ketones (excluding diaryl/α,β-unsaturated/α-hetero) is 1. The third-order valence-corrected chi connectivity index (χ3v) is 11.2. The fourth-order valence-electron chi connectivity index (χ4n) is 8.20. The quantitative estimate of drug-likeness (QED) is 0.260. The Kier molecular flexibility index (Phi) is 12.3. The van der Waals surface area contributed by atoms with Crippen molar-refractivity contribution in [2.45, 2.75) is 56.6 Å². The van der Waals surface area contributed by atoms with E-state index in [2.05, 4.69) is 10.2 Å². The number of piperazine rings is 1. The number of benzene rings is 2. The van der Waals surface area contributed by atoms with Gasteiger partial charge in [0.1, 0.15) is 0 Å². The van der Waals surface area contributed by atoms with Crippen LogP contribution in [0.4, 0.5) is 0 Å². The van der Waals surface area contributed by atoms with Crippen LogP contribution in [0.1, 0.15) is 60.4 Å². The number of halogens is 3. The number of carbonyl (C=O) groups excluding carboxylic acids is 4. The normalized spacial score (nSPS) is 25.1. The molecule has 6 rings (SSSR count). The van der Waals surface area contributed by atoms with Gasteiger partial charge in [0, 0.05) is 64.8 Å². The van der Waals surface area contributed by atoms with Gasteiger partial charge in [0.15, 0.2) is 5.78 Å². The minimum atomic E-state index is -1.19. The van der Waals surface area contributed by atoms with E-state index in [0.717, 1.165) is 38.8 Å². The molecule has 0 aromatic heterocycles. The van der Waals surface area contributed by atoms with Gasteiger partial charge in [-0.25, -0.2) is 9.59 Å². The van der Waals surface area contributed by atoms with Crippen LogP contribution in [-0.2, 0) is 23.9 Å². The van der Waals surface area contributed by atoms with E-state index in [0.29, 0.717) is 36.5 Å². The standard InChI is InChI=1S/C37H41Cl2N3O7.ClH/c1-48-36(46)33-28(19-30(44)21-7-4-3-5-8-21)40-29(34(37(47)49-2)35(33)32-26(38)9-6-10-27(32)39)20-31(45)42-13-11-41(12-14-42)24-15-22-17-25(43)18-23(22)16-24;/h3-10,22-25,35,40,43H,11-20H2,1-2H3;1H. The molecular weight excluding hydrogens is 705 g/mol. The van der Waals surface area contributed by atoms with Gasteiger partial charge in [-0.3, -0.25) is 14.5 Å². The number of nitrogens with zero attached hydrogens (tertiary/aromatic N) is 2. The van der Waals surface area contributed by atoms with Crippen molar-refractivity contribution in [3.05, 3.63) is 92.2 Å². The van der Waals surface area contributed by atoms with Gasteiger partial charge in [-0.2, -0.15) is 0 Å². The number of rotatable bonds is 9. The fraction of sp³-hybridized carbons (Fsp3) is 0.459. The summed E-state index contributed by atoms with van der Waals surface area (Å²) in [4.78, 5) is 59.0. The molecule has 2 N–H and O–H groups in total. The number of allylic oxidation sites excluding steroid dienone is 1. The van der Waals surface area contributed by atoms with Crippen LogP contribution in [0, 0.1) is 11.8 Å². The second-order valence-corrected chi connectivity index (χ2v) is 14.1. The Bertz CT molecular complexity index is 1660. The number of hydrogen-bond donors (Lipinski definition) is 2. The molecule has 10 nitrogen and oxygen atoms in total. The summed E-state index contributed by atoms with van der Waals surface area (Å²) >= 11 is 13.4. The highest BCUT2D eigenvalue weighted by molar-refractivity contribution is 6.36. The molecule has 2 heterocycles. The van der Waals surface area contributed by atoms with Crippen LogP contribution in [-0.4, -0.2) is 91.1 Å². The molecule has 2 aromatic rings. The second kappa shape index (κ2) is 16.3. The summed E-state index contributed by atoms with van der Waals surface area (Å²) in [5.41, 5.74) is 1.02. The van der Waals surface area contributed by atoms with Crippen molar-refractivity contribution in [2.24, 2.45) is 11.8 Å². The first kappa shape index (κ1) is 37.8. The van der Waals surface area contributed by atoms with E-state index >= 15 is 0 Å². The molecule has 50 heavy (non-hydrogen) atoms. The number of dihydropyridines is 1. The topological polar surface area (TPSA) is 125 Å². The maximum atomic E-state index is 14.0. The van der Waals surface area contributed by atoms with Gasteiger partial charge >= 0.3 is 11.9 Å². The summed E-state index contributed by atoms with van der Waals surface area (Å²) in [6.45, 7) is 2.51. The number of esters is 2. The third kappa shape index (κ3) is 7.75. The van der Waals surface area contributed by atoms with Gasteiger partial charge in [0.25, 0.3) is 0 Å². The van der Waals surface area contributed by atoms with E-state index in [1.807, 2.05) is 0 Å². The molecule has 2 aliphatic heterocycles. The maximum absolute atomic E-state index is 14.0. The Balaban J connectivity index is 0.00000486.